The number of amides is 2. The number of halogens is 1. The zero-order valence-electron chi connectivity index (χ0n) is 16.1. The molecule has 1 N–H and O–H groups in total. The van der Waals surface area contributed by atoms with Crippen LogP contribution in [0.3, 0.4) is 0 Å². The lowest BCUT2D eigenvalue weighted by atomic mass is 10.0. The van der Waals surface area contributed by atoms with Gasteiger partial charge >= 0.3 is 11.8 Å². The molecule has 0 radical (unpaired) electrons. The van der Waals surface area contributed by atoms with Gasteiger partial charge in [0, 0.05) is 42.9 Å². The van der Waals surface area contributed by atoms with Gasteiger partial charge in [0.15, 0.2) is 0 Å². The van der Waals surface area contributed by atoms with E-state index in [1.807, 2.05) is 61.5 Å². The Morgan fingerprint density at radius 3 is 2.32 bits per heavy atom. The molecular weight excluding hydrogens is 374 g/mol. The Bertz CT molecular complexity index is 787. The van der Waals surface area contributed by atoms with Crippen molar-refractivity contribution in [2.24, 2.45) is 0 Å². The largest absolute Gasteiger partial charge is 0.345 e. The van der Waals surface area contributed by atoms with Crippen molar-refractivity contribution in [1.82, 2.24) is 10.2 Å². The van der Waals surface area contributed by atoms with Crippen molar-refractivity contribution >= 4 is 29.1 Å². The maximum Gasteiger partial charge on any atom is 0.316 e. The van der Waals surface area contributed by atoms with Crippen molar-refractivity contribution < 1.29 is 9.59 Å². The number of benzene rings is 2. The summed E-state index contributed by atoms with van der Waals surface area (Å²) in [6.07, 6.45) is 1.67. The van der Waals surface area contributed by atoms with Gasteiger partial charge in [-0.2, -0.15) is 0 Å². The van der Waals surface area contributed by atoms with E-state index in [9.17, 15) is 9.59 Å². The van der Waals surface area contributed by atoms with E-state index in [-0.39, 0.29) is 6.04 Å². The minimum atomic E-state index is -0.526. The second-order valence-corrected chi connectivity index (χ2v) is 7.47. The molecule has 0 spiro atoms. The molecule has 148 valence electrons. The summed E-state index contributed by atoms with van der Waals surface area (Å²) in [5, 5.41) is 3.66. The molecule has 0 aromatic heterocycles. The number of rotatable bonds is 5. The lowest BCUT2D eigenvalue weighted by Gasteiger charge is -2.32. The van der Waals surface area contributed by atoms with E-state index in [4.69, 9.17) is 11.6 Å². The van der Waals surface area contributed by atoms with E-state index in [2.05, 4.69) is 10.2 Å². The van der Waals surface area contributed by atoms with Crippen molar-refractivity contribution in [2.45, 2.75) is 32.4 Å². The van der Waals surface area contributed by atoms with Gasteiger partial charge in [-0.15, -0.1) is 0 Å². The summed E-state index contributed by atoms with van der Waals surface area (Å²) < 4.78 is 0. The number of likely N-dealkylation sites (N-methyl/N-ethyl adjacent to an activating group) is 1. The molecule has 1 saturated heterocycles. The van der Waals surface area contributed by atoms with E-state index >= 15 is 0 Å². The normalized spacial score (nSPS) is 15.2. The third-order valence-electron chi connectivity index (χ3n) is 5.07. The third-order valence-corrected chi connectivity index (χ3v) is 5.32. The van der Waals surface area contributed by atoms with Crippen molar-refractivity contribution in [1.29, 1.82) is 0 Å². The number of likely N-dealkylation sites (tertiary alicyclic amines) is 1. The fraction of sp³-hybridized carbons (Fsp3) is 0.364. The number of para-hydroxylation sites is 1. The number of carbonyl (C=O) groups excluding carboxylic acids is 2. The van der Waals surface area contributed by atoms with Crippen molar-refractivity contribution in [3.05, 3.63) is 65.2 Å². The van der Waals surface area contributed by atoms with Gasteiger partial charge in [-0.05, 0) is 49.6 Å². The monoisotopic (exact) mass is 399 g/mol. The Morgan fingerprint density at radius 2 is 1.71 bits per heavy atom. The number of hydrogen-bond acceptors (Lipinski definition) is 3. The number of nitrogens with zero attached hydrogens (tertiary/aromatic N) is 2. The summed E-state index contributed by atoms with van der Waals surface area (Å²) in [5.41, 5.74) is 1.96. The van der Waals surface area contributed by atoms with Crippen LogP contribution in [0, 0.1) is 0 Å². The van der Waals surface area contributed by atoms with Crippen LogP contribution in [0.4, 0.5) is 5.69 Å². The molecule has 0 atom stereocenters. The van der Waals surface area contributed by atoms with Gasteiger partial charge < -0.3 is 10.2 Å². The first kappa shape index (κ1) is 20.4. The standard InChI is InChI=1S/C22H26ClN3O2/c1-2-26(20-6-4-3-5-7-20)22(28)21(27)24-19-12-14-25(15-13-19)16-17-8-10-18(23)11-9-17/h3-11,19H,2,12-16H2,1H3,(H,24,27). The number of piperidine rings is 1. The Morgan fingerprint density at radius 1 is 1.07 bits per heavy atom. The first-order valence-electron chi connectivity index (χ1n) is 9.71. The SMILES string of the molecule is CCN(C(=O)C(=O)NC1CCN(Cc2ccc(Cl)cc2)CC1)c1ccccc1. The van der Waals surface area contributed by atoms with E-state index in [1.165, 1.54) is 10.5 Å². The summed E-state index contributed by atoms with van der Waals surface area (Å²) in [5.74, 6) is -1.03. The van der Waals surface area contributed by atoms with Crippen molar-refractivity contribution in [3.8, 4) is 0 Å². The Balaban J connectivity index is 1.49. The highest BCUT2D eigenvalue weighted by Gasteiger charge is 2.26. The Kier molecular flexibility index (Phi) is 7.06. The molecule has 5 nitrogen and oxygen atoms in total. The molecule has 0 unspecified atom stereocenters. The van der Waals surface area contributed by atoms with E-state index in [1.54, 1.807) is 0 Å². The molecule has 0 saturated carbocycles. The van der Waals surface area contributed by atoms with Gasteiger partial charge in [-0.3, -0.25) is 14.5 Å². The van der Waals surface area contributed by atoms with Crippen molar-refractivity contribution in [2.75, 3.05) is 24.5 Å². The summed E-state index contributed by atoms with van der Waals surface area (Å²) in [7, 11) is 0. The molecule has 3 rings (SSSR count). The second-order valence-electron chi connectivity index (χ2n) is 7.04. The molecule has 1 heterocycles. The molecule has 2 aromatic rings. The van der Waals surface area contributed by atoms with Gasteiger partial charge in [0.05, 0.1) is 0 Å². The van der Waals surface area contributed by atoms with Crippen LogP contribution >= 0.6 is 11.6 Å². The van der Waals surface area contributed by atoms with Gasteiger partial charge in [0.1, 0.15) is 0 Å². The minimum absolute atomic E-state index is 0.0346. The zero-order chi connectivity index (χ0) is 19.9. The molecular formula is C22H26ClN3O2. The Labute approximate surface area is 171 Å². The second kappa shape index (κ2) is 9.71. The summed E-state index contributed by atoms with van der Waals surface area (Å²) >= 11 is 5.93. The molecule has 1 fully saturated rings. The third kappa shape index (κ3) is 5.33. The number of carbonyl (C=O) groups is 2. The molecule has 6 heteroatoms. The molecule has 0 bridgehead atoms. The van der Waals surface area contributed by atoms with Gasteiger partial charge in [-0.1, -0.05) is 41.9 Å². The average Bonchev–Trinajstić information content (AvgIpc) is 2.72. The molecule has 0 aliphatic carbocycles. The quantitative estimate of drug-likeness (QED) is 0.783. The minimum Gasteiger partial charge on any atom is -0.345 e. The van der Waals surface area contributed by atoms with Crippen LogP contribution in [-0.4, -0.2) is 42.4 Å². The average molecular weight is 400 g/mol. The first-order chi connectivity index (χ1) is 13.6. The summed E-state index contributed by atoms with van der Waals surface area (Å²) in [4.78, 5) is 28.9. The summed E-state index contributed by atoms with van der Waals surface area (Å²) in [6, 6.07) is 17.2. The van der Waals surface area contributed by atoms with Crippen LogP contribution < -0.4 is 10.2 Å². The van der Waals surface area contributed by atoms with E-state index in [0.29, 0.717) is 6.54 Å². The highest BCUT2D eigenvalue weighted by molar-refractivity contribution is 6.40. The predicted octanol–water partition coefficient (Wildman–Crippen LogP) is 3.47. The number of hydrogen-bond donors (Lipinski definition) is 1. The Hall–Kier alpha value is -2.37. The van der Waals surface area contributed by atoms with Crippen LogP contribution in [-0.2, 0) is 16.1 Å². The van der Waals surface area contributed by atoms with Crippen LogP contribution in [0.5, 0.6) is 0 Å². The topological polar surface area (TPSA) is 52.7 Å². The number of anilines is 1. The highest BCUT2D eigenvalue weighted by Crippen LogP contribution is 2.17. The zero-order valence-corrected chi connectivity index (χ0v) is 16.9. The fourth-order valence-corrected chi connectivity index (χ4v) is 3.63. The molecule has 28 heavy (non-hydrogen) atoms. The van der Waals surface area contributed by atoms with Crippen LogP contribution in [0.2, 0.25) is 5.02 Å². The fourth-order valence-electron chi connectivity index (χ4n) is 3.50. The molecule has 1 aliphatic heterocycles. The van der Waals surface area contributed by atoms with E-state index < -0.39 is 11.8 Å². The summed E-state index contributed by atoms with van der Waals surface area (Å²) in [6.45, 7) is 4.97. The van der Waals surface area contributed by atoms with Gasteiger partial charge in [-0.25, -0.2) is 0 Å². The molecule has 2 amide bonds. The first-order valence-corrected chi connectivity index (χ1v) is 10.1. The maximum absolute atomic E-state index is 12.6. The maximum atomic E-state index is 12.6. The van der Waals surface area contributed by atoms with E-state index in [0.717, 1.165) is 43.2 Å². The lowest BCUT2D eigenvalue weighted by molar-refractivity contribution is -0.138. The molecule has 1 aliphatic rings. The van der Waals surface area contributed by atoms with Crippen molar-refractivity contribution in [3.63, 3.8) is 0 Å². The van der Waals surface area contributed by atoms with Crippen LogP contribution in [0.1, 0.15) is 25.3 Å². The van der Waals surface area contributed by atoms with Gasteiger partial charge in [0.2, 0.25) is 0 Å². The van der Waals surface area contributed by atoms with Gasteiger partial charge in [0.25, 0.3) is 0 Å². The van der Waals surface area contributed by atoms with Crippen LogP contribution in [0.15, 0.2) is 54.6 Å². The predicted molar refractivity (Wildman–Crippen MR) is 112 cm³/mol. The molecule has 2 aromatic carbocycles. The number of nitrogens with one attached hydrogen (secondary N) is 1. The smallest absolute Gasteiger partial charge is 0.316 e. The highest BCUT2D eigenvalue weighted by atomic mass is 35.5. The van der Waals surface area contributed by atoms with Crippen LogP contribution in [0.25, 0.3) is 0 Å². The lowest BCUT2D eigenvalue weighted by Crippen LogP contribution is -2.50.